The van der Waals surface area contributed by atoms with Crippen LogP contribution in [0.4, 0.5) is 5.69 Å². The third-order valence-corrected chi connectivity index (χ3v) is 110. The van der Waals surface area contributed by atoms with E-state index in [4.69, 9.17) is 28.1 Å². The van der Waals surface area contributed by atoms with Crippen LogP contribution in [0.25, 0.3) is 0 Å². The summed E-state index contributed by atoms with van der Waals surface area (Å²) in [6.45, 7) is 4.12. The predicted molar refractivity (Wildman–Crippen MR) is 450 cm³/mol. The van der Waals surface area contributed by atoms with Crippen LogP contribution in [0, 0.1) is 5.92 Å². The number of rotatable bonds is 4. The van der Waals surface area contributed by atoms with Gasteiger partial charge in [0, 0.05) is 472 Å². The van der Waals surface area contributed by atoms with Gasteiger partial charge in [-0.3, -0.25) is 0 Å². The zero-order valence-electron chi connectivity index (χ0n) is 32.8. The van der Waals surface area contributed by atoms with E-state index in [1.165, 1.54) is 23.8 Å². The summed E-state index contributed by atoms with van der Waals surface area (Å²) in [7, 11) is 85.7. The first-order chi connectivity index (χ1) is 34.4. The fourth-order valence-electron chi connectivity index (χ4n) is 3.61. The Labute approximate surface area is 554 Å². The van der Waals surface area contributed by atoms with E-state index >= 15 is 0 Å². The second-order valence-corrected chi connectivity index (χ2v) is 94.4. The minimum Gasteiger partial charge on any atom is -0.504 e. The Morgan fingerprint density at radius 3 is 0.929 bits per heavy atom. The van der Waals surface area contributed by atoms with Crippen molar-refractivity contribution >= 4 is 454 Å². The molecule has 54 heteroatoms. The number of nitrogens with one attached hydrogen (secondary N) is 1. The number of hydrogen-bond acceptors (Lipinski definition) is 6. The van der Waals surface area contributed by atoms with Crippen LogP contribution in [0.3, 0.4) is 0 Å². The Morgan fingerprint density at radius 1 is 0.443 bits per heavy atom. The van der Waals surface area contributed by atoms with Crippen molar-refractivity contribution in [2.45, 2.75) is 58.0 Å². The number of nitrogens with two attached hydrogens (primary N) is 1. The summed E-state index contributed by atoms with van der Waals surface area (Å²) in [5, 5.41) is 23.2. The molecule has 1 aliphatic carbocycles. The second kappa shape index (κ2) is 63.1. The van der Waals surface area contributed by atoms with Crippen LogP contribution >= 0.6 is 0 Å². The minimum absolute atomic E-state index is 0.00907. The van der Waals surface area contributed by atoms with Gasteiger partial charge in [0.05, 0.1) is 0 Å². The van der Waals surface area contributed by atoms with Crippen LogP contribution in [0.5, 0.6) is 11.5 Å². The molecule has 2 atom stereocenters. The smallest absolute Gasteiger partial charge is 0.162 e. The quantitative estimate of drug-likeness (QED) is 0.275. The van der Waals surface area contributed by atoms with E-state index in [0.29, 0.717) is 5.92 Å². The maximum Gasteiger partial charge on any atom is 0.162 e. The zero-order chi connectivity index (χ0) is 50.6. The van der Waals surface area contributed by atoms with E-state index in [1.807, 2.05) is 308 Å². The predicted octanol–water partition coefficient (Wildman–Crippen LogP) is 2.86. The van der Waals surface area contributed by atoms with Gasteiger partial charge in [-0.15, -0.1) is 0 Å². The molecule has 4 nitrogen and oxygen atoms in total. The van der Waals surface area contributed by atoms with Crippen molar-refractivity contribution < 1.29 is 10.2 Å². The fraction of sp³-hybridized carbons (Fsp3) is 0.625. The minimum atomic E-state index is -0.0468. The molecule has 0 heterocycles. The summed E-state index contributed by atoms with van der Waals surface area (Å²) in [6, 6.07) is 3.93. The number of aromatic hydroxyl groups is 2. The Kier molecular flexibility index (Phi) is 69.9. The summed E-state index contributed by atoms with van der Waals surface area (Å²) in [5.41, 5.74) is 7.77. The number of phenolic OH excluding ortho intramolecular Hbond substituents is 2. The molecule has 0 radical (unpaired) electrons. The largest absolute Gasteiger partial charge is 0.504 e. The van der Waals surface area contributed by atoms with Gasteiger partial charge in [0.15, 0.2) is 11.5 Å². The fourth-order valence-corrected chi connectivity index (χ4v) is 130. The average molecular weight is 1880 g/mol. The van der Waals surface area contributed by atoms with E-state index in [2.05, 4.69) is 19.2 Å². The molecule has 412 valence electrons. The Morgan fingerprint density at radius 2 is 0.700 bits per heavy atom. The SMILES string of the molecule is CC(C)Nc1ccc(O)c(O)c1CC1CCCC(N)C1.S=S=S=S=S=S=S=S=S=S=S=S=S=S=S=S=S=S=S=S=S=S=S=S=S=S=S=S=S=S=S=S=S=S=S=S=S=S=S=S=S=S=S=S=S=S=S=S=S=S. The Balaban J connectivity index is 0.00000100. The Bertz CT molecular complexity index is 4060. The van der Waals surface area contributed by atoms with Gasteiger partial charge in [-0.25, -0.2) is 0 Å². The van der Waals surface area contributed by atoms with Gasteiger partial charge < -0.3 is 21.3 Å². The third-order valence-electron chi connectivity index (χ3n) is 5.33. The molecule has 0 aliphatic heterocycles. The van der Waals surface area contributed by atoms with Gasteiger partial charge in [0.1, 0.15) is 0 Å². The van der Waals surface area contributed by atoms with Crippen LogP contribution in [0.2, 0.25) is 0 Å². The van der Waals surface area contributed by atoms with Gasteiger partial charge >= 0.3 is 0 Å². The summed E-state index contributed by atoms with van der Waals surface area (Å²) in [4.78, 5) is 0. The third kappa shape index (κ3) is 54.2. The molecule has 1 fully saturated rings. The molecule has 1 aliphatic rings. The standard InChI is InChI=1S/C16H26N2O2.S50/c1-10(2)18-14-6-7-15(19)16(20)13(14)9-11-4-3-5-12(17)8-11;1-3-5-7-9-11-13-15-17-19-21-23-25-27-29-31-33-35-37-39-41-43-45-47-49-50-48-46-44-42-40-38-36-34-32-30-28-26-24-22-20-18-16-14-12-10-8-6-4-2/h6-7,10-12,18-20H,3-5,8-9,17H2,1-2H3;. The van der Waals surface area contributed by atoms with E-state index in [-0.39, 0.29) is 23.6 Å². The molecular formula is C16H26N2O2S50. The molecule has 0 bridgehead atoms. The number of anilines is 1. The number of hydrogen-bond donors (Lipinski definition) is 4. The zero-order valence-corrected chi connectivity index (χ0v) is 73.6. The molecule has 2 unspecified atom stereocenters. The van der Waals surface area contributed by atoms with Crippen molar-refractivity contribution in [1.82, 2.24) is 0 Å². The van der Waals surface area contributed by atoms with Crippen molar-refractivity contribution in [2.24, 2.45) is 11.7 Å². The number of phenols is 2. The lowest BCUT2D eigenvalue weighted by molar-refractivity contribution is 0.316. The van der Waals surface area contributed by atoms with Gasteiger partial charge in [-0.05, 0) is 51.2 Å². The normalized spacial score (nSPS) is 12.1. The van der Waals surface area contributed by atoms with Gasteiger partial charge in [-0.2, -0.15) is 0 Å². The first-order valence-corrected chi connectivity index (χ1v) is 81.0. The van der Waals surface area contributed by atoms with E-state index in [0.717, 1.165) is 43.4 Å². The van der Waals surface area contributed by atoms with E-state index in [1.54, 1.807) is 107 Å². The highest BCUT2D eigenvalue weighted by Crippen LogP contribution is 2.38. The number of benzene rings is 1. The monoisotopic (exact) mass is 1880 g/mol. The van der Waals surface area contributed by atoms with Crippen molar-refractivity contribution in [2.75, 3.05) is 5.32 Å². The van der Waals surface area contributed by atoms with Crippen LogP contribution in [-0.4, -0.2) is 22.3 Å². The summed E-state index contributed by atoms with van der Waals surface area (Å²) in [6.07, 6.45) is 5.15. The molecule has 0 aromatic heterocycles. The first-order valence-electron chi connectivity index (χ1n) is 15.7. The molecule has 2 rings (SSSR count). The highest BCUT2D eigenvalue weighted by Gasteiger charge is 2.23. The van der Waals surface area contributed by atoms with Crippen molar-refractivity contribution in [3.8, 4) is 11.5 Å². The molecule has 70 heavy (non-hydrogen) atoms. The Hall–Kier alpha value is 9.58. The first kappa shape index (κ1) is 77.6. The second-order valence-electron chi connectivity index (χ2n) is 9.52. The molecule has 1 aromatic rings. The van der Waals surface area contributed by atoms with Gasteiger partial charge in [0.25, 0.3) is 0 Å². The van der Waals surface area contributed by atoms with Crippen molar-refractivity contribution in [3.63, 3.8) is 0 Å². The maximum atomic E-state index is 10.2. The van der Waals surface area contributed by atoms with Crippen LogP contribution in [0.15, 0.2) is 12.1 Å². The van der Waals surface area contributed by atoms with Crippen LogP contribution < -0.4 is 11.1 Å². The molecule has 0 amide bonds. The molecule has 0 spiro atoms. The van der Waals surface area contributed by atoms with E-state index in [9.17, 15) is 10.2 Å². The molecule has 0 saturated heterocycles. The van der Waals surface area contributed by atoms with Crippen LogP contribution in [-0.2, 0) is 455 Å². The molecular weight excluding hydrogens is 1860 g/mol. The average Bonchev–Trinajstić information content (AvgIpc) is 3.35. The molecule has 1 aromatic carbocycles. The van der Waals surface area contributed by atoms with Crippen molar-refractivity contribution in [3.05, 3.63) is 17.7 Å². The maximum absolute atomic E-state index is 10.2. The summed E-state index contributed by atoms with van der Waals surface area (Å²) < 4.78 is 0. The lowest BCUT2D eigenvalue weighted by Gasteiger charge is -2.28. The van der Waals surface area contributed by atoms with Crippen molar-refractivity contribution in [1.29, 1.82) is 0 Å². The van der Waals surface area contributed by atoms with E-state index < -0.39 is 0 Å². The van der Waals surface area contributed by atoms with Gasteiger partial charge in [-0.1, -0.05) is 12.8 Å². The van der Waals surface area contributed by atoms with Crippen LogP contribution in [0.1, 0.15) is 45.1 Å². The highest BCUT2D eigenvalue weighted by atomic mass is 33.5. The molecule has 5 N–H and O–H groups in total. The van der Waals surface area contributed by atoms with Gasteiger partial charge in [0.2, 0.25) is 0 Å². The molecule has 1 saturated carbocycles. The highest BCUT2D eigenvalue weighted by molar-refractivity contribution is 8.82. The lowest BCUT2D eigenvalue weighted by atomic mass is 9.82. The summed E-state index contributed by atoms with van der Waals surface area (Å²) in [5.74, 6) is 0.448. The topological polar surface area (TPSA) is 78.5 Å². The summed E-state index contributed by atoms with van der Waals surface area (Å²) >= 11 is 9.62. The lowest BCUT2D eigenvalue weighted by Crippen LogP contribution is -2.28.